The minimum absolute atomic E-state index is 0.0508. The summed E-state index contributed by atoms with van der Waals surface area (Å²) < 4.78 is 15.1. The molecule has 0 radical (unpaired) electrons. The third-order valence-electron chi connectivity index (χ3n) is 3.86. The summed E-state index contributed by atoms with van der Waals surface area (Å²) in [6.45, 7) is 4.51. The van der Waals surface area contributed by atoms with Crippen LogP contribution in [0.2, 0.25) is 0 Å². The van der Waals surface area contributed by atoms with Crippen LogP contribution in [0.4, 0.5) is 4.39 Å². The Labute approximate surface area is 143 Å². The van der Waals surface area contributed by atoms with Crippen LogP contribution in [0.15, 0.2) is 41.8 Å². The van der Waals surface area contributed by atoms with Gasteiger partial charge in [0.2, 0.25) is 0 Å². The molecule has 3 aromatic rings. The number of aromatic nitrogens is 4. The molecular formula is C17H17FN4OS. The van der Waals surface area contributed by atoms with E-state index in [4.69, 9.17) is 0 Å². The van der Waals surface area contributed by atoms with Crippen molar-refractivity contribution in [1.82, 2.24) is 19.7 Å². The highest BCUT2D eigenvalue weighted by molar-refractivity contribution is 7.99. The summed E-state index contributed by atoms with van der Waals surface area (Å²) in [4.78, 5) is 16.5. The number of Topliss-reactive ketones (excluding diaryl/α,β-unsaturated/α-hetero) is 1. The zero-order valence-electron chi connectivity index (χ0n) is 13.4. The van der Waals surface area contributed by atoms with E-state index in [0.717, 1.165) is 17.0 Å². The third-order valence-corrected chi connectivity index (χ3v) is 4.74. The summed E-state index contributed by atoms with van der Waals surface area (Å²) in [5.41, 5.74) is 3.62. The fraction of sp³-hybridized carbons (Fsp3) is 0.235. The smallest absolute Gasteiger partial charge is 0.183 e. The van der Waals surface area contributed by atoms with Gasteiger partial charge in [-0.3, -0.25) is 9.89 Å². The number of halogens is 1. The van der Waals surface area contributed by atoms with Crippen LogP contribution in [0, 0.1) is 19.7 Å². The molecule has 0 aliphatic rings. The summed E-state index contributed by atoms with van der Waals surface area (Å²) in [6, 6.07) is 8.32. The highest BCUT2D eigenvalue weighted by Gasteiger charge is 2.16. The molecule has 7 heteroatoms. The predicted molar refractivity (Wildman–Crippen MR) is 90.8 cm³/mol. The first-order valence-electron chi connectivity index (χ1n) is 7.47. The number of benzene rings is 1. The second kappa shape index (κ2) is 7.00. The molecule has 0 atom stereocenters. The Kier molecular flexibility index (Phi) is 4.80. The quantitative estimate of drug-likeness (QED) is 0.550. The van der Waals surface area contributed by atoms with E-state index < -0.39 is 0 Å². The Morgan fingerprint density at radius 3 is 2.71 bits per heavy atom. The largest absolute Gasteiger partial charge is 0.344 e. The normalized spacial score (nSPS) is 11.0. The molecule has 0 spiro atoms. The first-order valence-corrected chi connectivity index (χ1v) is 8.45. The number of carbonyl (C=O) groups is 1. The molecule has 0 bridgehead atoms. The van der Waals surface area contributed by atoms with Gasteiger partial charge in [-0.15, -0.1) is 0 Å². The van der Waals surface area contributed by atoms with Crippen LogP contribution in [0.3, 0.4) is 0 Å². The molecule has 2 heterocycles. The molecule has 0 saturated carbocycles. The molecule has 5 nitrogen and oxygen atoms in total. The number of nitrogens with one attached hydrogen (secondary N) is 1. The summed E-state index contributed by atoms with van der Waals surface area (Å²) in [7, 11) is 0. The lowest BCUT2D eigenvalue weighted by Crippen LogP contribution is -2.07. The van der Waals surface area contributed by atoms with Gasteiger partial charge in [0, 0.05) is 23.5 Å². The van der Waals surface area contributed by atoms with Crippen LogP contribution < -0.4 is 0 Å². The number of hydrogen-bond donors (Lipinski definition) is 1. The Balaban J connectivity index is 1.75. The lowest BCUT2D eigenvalue weighted by atomic mass is 10.2. The number of thioether (sulfide) groups is 1. The van der Waals surface area contributed by atoms with Crippen LogP contribution >= 0.6 is 11.8 Å². The highest BCUT2D eigenvalue weighted by Crippen LogP contribution is 2.21. The van der Waals surface area contributed by atoms with Gasteiger partial charge >= 0.3 is 0 Å². The Morgan fingerprint density at radius 2 is 2.04 bits per heavy atom. The molecule has 24 heavy (non-hydrogen) atoms. The molecule has 124 valence electrons. The maximum atomic E-state index is 13.0. The molecule has 0 saturated heterocycles. The standard InChI is InChI=1S/C17H17FN4OS/c1-11-7-15(16(23)9-24-17-19-10-20-21-17)12(2)22(11)8-13-3-5-14(18)6-4-13/h3-7,10H,8-9H2,1-2H3,(H,19,20,21). The van der Waals surface area contributed by atoms with Gasteiger partial charge in [0.15, 0.2) is 10.9 Å². The minimum Gasteiger partial charge on any atom is -0.344 e. The third kappa shape index (κ3) is 3.56. The number of aromatic amines is 1. The molecule has 1 aromatic carbocycles. The zero-order valence-corrected chi connectivity index (χ0v) is 14.2. The van der Waals surface area contributed by atoms with Crippen LogP contribution in [0.5, 0.6) is 0 Å². The van der Waals surface area contributed by atoms with Gasteiger partial charge in [0.1, 0.15) is 12.1 Å². The van der Waals surface area contributed by atoms with E-state index in [1.165, 1.54) is 30.2 Å². The van der Waals surface area contributed by atoms with Crippen molar-refractivity contribution >= 4 is 17.5 Å². The summed E-state index contributed by atoms with van der Waals surface area (Å²) in [6.07, 6.45) is 1.42. The van der Waals surface area contributed by atoms with Crippen LogP contribution in [0.1, 0.15) is 27.3 Å². The minimum atomic E-state index is -0.250. The Hall–Kier alpha value is -2.41. The lowest BCUT2D eigenvalue weighted by Gasteiger charge is -2.10. The van der Waals surface area contributed by atoms with E-state index in [1.807, 2.05) is 19.9 Å². The van der Waals surface area contributed by atoms with Crippen molar-refractivity contribution in [3.8, 4) is 0 Å². The van der Waals surface area contributed by atoms with Crippen LogP contribution in [0.25, 0.3) is 0 Å². The average molecular weight is 344 g/mol. The fourth-order valence-corrected chi connectivity index (χ4v) is 3.24. The Bertz CT molecular complexity index is 840. The van der Waals surface area contributed by atoms with E-state index in [1.54, 1.807) is 12.1 Å². The van der Waals surface area contributed by atoms with E-state index in [9.17, 15) is 9.18 Å². The fourth-order valence-electron chi connectivity index (χ4n) is 2.57. The van der Waals surface area contributed by atoms with Crippen molar-refractivity contribution in [2.24, 2.45) is 0 Å². The van der Waals surface area contributed by atoms with Crippen molar-refractivity contribution < 1.29 is 9.18 Å². The SMILES string of the molecule is Cc1cc(C(=O)CSc2ncn[nH]2)c(C)n1Cc1ccc(F)cc1. The van der Waals surface area contributed by atoms with Crippen LogP contribution in [-0.2, 0) is 6.54 Å². The molecule has 2 aromatic heterocycles. The maximum absolute atomic E-state index is 13.0. The number of H-pyrrole nitrogens is 1. The van der Waals surface area contributed by atoms with Gasteiger partial charge in [0.05, 0.1) is 5.75 Å². The first kappa shape index (κ1) is 16.4. The second-order valence-corrected chi connectivity index (χ2v) is 6.46. The topological polar surface area (TPSA) is 63.6 Å². The Morgan fingerprint density at radius 1 is 1.29 bits per heavy atom. The molecular weight excluding hydrogens is 327 g/mol. The van der Waals surface area contributed by atoms with Gasteiger partial charge in [-0.1, -0.05) is 23.9 Å². The molecule has 0 aliphatic heterocycles. The van der Waals surface area contributed by atoms with Gasteiger partial charge in [0.25, 0.3) is 0 Å². The molecule has 1 N–H and O–H groups in total. The van der Waals surface area contributed by atoms with E-state index in [2.05, 4.69) is 19.7 Å². The molecule has 0 amide bonds. The van der Waals surface area contributed by atoms with Gasteiger partial charge in [-0.2, -0.15) is 5.10 Å². The lowest BCUT2D eigenvalue weighted by molar-refractivity contribution is 0.102. The number of nitrogens with zero attached hydrogens (tertiary/aromatic N) is 3. The monoisotopic (exact) mass is 344 g/mol. The summed E-state index contributed by atoms with van der Waals surface area (Å²) >= 11 is 1.33. The van der Waals surface area contributed by atoms with Crippen molar-refractivity contribution in [3.63, 3.8) is 0 Å². The average Bonchev–Trinajstić information content (AvgIpc) is 3.18. The first-order chi connectivity index (χ1) is 11.5. The molecule has 0 fully saturated rings. The molecule has 0 unspecified atom stereocenters. The number of hydrogen-bond acceptors (Lipinski definition) is 4. The zero-order chi connectivity index (χ0) is 17.1. The van der Waals surface area contributed by atoms with Gasteiger partial charge < -0.3 is 4.57 Å². The predicted octanol–water partition coefficient (Wildman–Crippen LogP) is 3.39. The second-order valence-electron chi connectivity index (χ2n) is 5.50. The summed E-state index contributed by atoms with van der Waals surface area (Å²) in [5.74, 6) is 0.102. The van der Waals surface area contributed by atoms with Crippen molar-refractivity contribution in [3.05, 3.63) is 65.0 Å². The summed E-state index contributed by atoms with van der Waals surface area (Å²) in [5, 5.41) is 7.12. The van der Waals surface area contributed by atoms with E-state index in [0.29, 0.717) is 23.0 Å². The van der Waals surface area contributed by atoms with Crippen molar-refractivity contribution in [2.75, 3.05) is 5.75 Å². The van der Waals surface area contributed by atoms with Crippen molar-refractivity contribution in [1.29, 1.82) is 0 Å². The highest BCUT2D eigenvalue weighted by atomic mass is 32.2. The number of ketones is 1. The molecule has 0 aliphatic carbocycles. The number of rotatable bonds is 6. The van der Waals surface area contributed by atoms with Crippen molar-refractivity contribution in [2.45, 2.75) is 25.5 Å². The maximum Gasteiger partial charge on any atom is 0.183 e. The molecule has 3 rings (SSSR count). The number of aryl methyl sites for hydroxylation is 1. The van der Waals surface area contributed by atoms with Gasteiger partial charge in [-0.05, 0) is 37.6 Å². The van der Waals surface area contributed by atoms with Crippen LogP contribution in [-0.4, -0.2) is 31.3 Å². The van der Waals surface area contributed by atoms with E-state index in [-0.39, 0.29) is 11.6 Å². The van der Waals surface area contributed by atoms with E-state index >= 15 is 0 Å². The van der Waals surface area contributed by atoms with Gasteiger partial charge in [-0.25, -0.2) is 9.37 Å². The number of carbonyl (C=O) groups excluding carboxylic acids is 1.